The van der Waals surface area contributed by atoms with Crippen LogP contribution in [-0.4, -0.2) is 12.2 Å². The number of hydrogen-bond donors (Lipinski definition) is 1. The van der Waals surface area contributed by atoms with Crippen molar-refractivity contribution >= 4 is 0 Å². The molecule has 2 atom stereocenters. The lowest BCUT2D eigenvalue weighted by molar-refractivity contribution is 0.299. The summed E-state index contributed by atoms with van der Waals surface area (Å²) >= 11 is 0. The minimum Gasteiger partial charge on any atom is -0.328 e. The molecule has 0 amide bonds. The van der Waals surface area contributed by atoms with Crippen molar-refractivity contribution in [3.63, 3.8) is 0 Å². The van der Waals surface area contributed by atoms with Gasteiger partial charge in [0.2, 0.25) is 0 Å². The second kappa shape index (κ2) is 3.16. The Morgan fingerprint density at radius 2 is 1.89 bits per heavy atom. The lowest BCUT2D eigenvalue weighted by Gasteiger charge is -2.03. The van der Waals surface area contributed by atoms with E-state index in [0.29, 0.717) is 6.42 Å². The van der Waals surface area contributed by atoms with Crippen LogP contribution in [0.15, 0.2) is 0 Å². The summed E-state index contributed by atoms with van der Waals surface area (Å²) in [7, 11) is 0. The van der Waals surface area contributed by atoms with Crippen LogP contribution >= 0.6 is 0 Å². The third-order valence-electron chi connectivity index (χ3n) is 1.94. The molecule has 1 aliphatic rings. The SMILES string of the molecule is N[C@H]1CCC[C@H](F)CC1. The first-order valence-corrected chi connectivity index (χ1v) is 3.68. The van der Waals surface area contributed by atoms with Crippen molar-refractivity contribution in [2.24, 2.45) is 5.73 Å². The molecule has 1 aliphatic carbocycles. The maximum Gasteiger partial charge on any atom is 0.100 e. The lowest BCUT2D eigenvalue weighted by Crippen LogP contribution is -2.18. The predicted octanol–water partition coefficient (Wildman–Crippen LogP) is 1.62. The van der Waals surface area contributed by atoms with Crippen LogP contribution in [0.4, 0.5) is 4.39 Å². The Morgan fingerprint density at radius 3 is 2.67 bits per heavy atom. The van der Waals surface area contributed by atoms with Crippen LogP contribution in [0.2, 0.25) is 0 Å². The minimum absolute atomic E-state index is 0.269. The first kappa shape index (κ1) is 7.00. The molecule has 0 heterocycles. The minimum atomic E-state index is -0.571. The molecular formula is C7H14FN. The highest BCUT2D eigenvalue weighted by molar-refractivity contribution is 4.70. The molecule has 2 N–H and O–H groups in total. The molecule has 1 saturated carbocycles. The third kappa shape index (κ3) is 2.31. The molecule has 0 unspecified atom stereocenters. The van der Waals surface area contributed by atoms with Gasteiger partial charge in [-0.05, 0) is 32.1 Å². The Bertz CT molecular complexity index is 75.0. The van der Waals surface area contributed by atoms with E-state index >= 15 is 0 Å². The fourth-order valence-corrected chi connectivity index (χ4v) is 1.29. The Morgan fingerprint density at radius 1 is 1.11 bits per heavy atom. The summed E-state index contributed by atoms with van der Waals surface area (Å²) < 4.78 is 12.6. The molecule has 2 heteroatoms. The first-order chi connectivity index (χ1) is 4.29. The summed E-state index contributed by atoms with van der Waals surface area (Å²) in [6.45, 7) is 0. The largest absolute Gasteiger partial charge is 0.328 e. The van der Waals surface area contributed by atoms with Gasteiger partial charge in [-0.1, -0.05) is 0 Å². The highest BCUT2D eigenvalue weighted by Crippen LogP contribution is 2.18. The third-order valence-corrected chi connectivity index (χ3v) is 1.94. The van der Waals surface area contributed by atoms with E-state index in [-0.39, 0.29) is 6.04 Å². The van der Waals surface area contributed by atoms with Gasteiger partial charge in [0.1, 0.15) is 6.17 Å². The topological polar surface area (TPSA) is 26.0 Å². The molecule has 0 aliphatic heterocycles. The van der Waals surface area contributed by atoms with Gasteiger partial charge in [0.25, 0.3) is 0 Å². The van der Waals surface area contributed by atoms with E-state index in [1.165, 1.54) is 0 Å². The zero-order chi connectivity index (χ0) is 6.69. The fourth-order valence-electron chi connectivity index (χ4n) is 1.29. The van der Waals surface area contributed by atoms with Crippen LogP contribution in [0.1, 0.15) is 32.1 Å². The molecule has 1 nitrogen and oxygen atoms in total. The molecule has 1 fully saturated rings. The van der Waals surface area contributed by atoms with Crippen molar-refractivity contribution in [1.82, 2.24) is 0 Å². The average Bonchev–Trinajstić information content (AvgIpc) is 1.97. The Balaban J connectivity index is 2.25. The first-order valence-electron chi connectivity index (χ1n) is 3.68. The van der Waals surface area contributed by atoms with E-state index in [1.54, 1.807) is 0 Å². The van der Waals surface area contributed by atoms with Gasteiger partial charge in [0.05, 0.1) is 0 Å². The Labute approximate surface area is 55.4 Å². The summed E-state index contributed by atoms with van der Waals surface area (Å²) in [6.07, 6.45) is 3.71. The fraction of sp³-hybridized carbons (Fsp3) is 1.00. The van der Waals surface area contributed by atoms with Crippen molar-refractivity contribution in [2.45, 2.75) is 44.3 Å². The zero-order valence-electron chi connectivity index (χ0n) is 5.65. The molecule has 0 spiro atoms. The van der Waals surface area contributed by atoms with Gasteiger partial charge in [0, 0.05) is 6.04 Å². The molecule has 0 bridgehead atoms. The predicted molar refractivity (Wildman–Crippen MR) is 36.0 cm³/mol. The normalized spacial score (nSPS) is 38.0. The molecule has 0 aromatic rings. The number of alkyl halides is 1. The number of rotatable bonds is 0. The highest BCUT2D eigenvalue weighted by Gasteiger charge is 2.14. The molecule has 0 aromatic heterocycles. The summed E-state index contributed by atoms with van der Waals surface area (Å²) in [5, 5.41) is 0. The summed E-state index contributed by atoms with van der Waals surface area (Å²) in [6, 6.07) is 0.269. The van der Waals surface area contributed by atoms with E-state index in [0.717, 1.165) is 25.7 Å². The summed E-state index contributed by atoms with van der Waals surface area (Å²) in [5.41, 5.74) is 5.63. The van der Waals surface area contributed by atoms with Crippen molar-refractivity contribution in [1.29, 1.82) is 0 Å². The Hall–Kier alpha value is -0.110. The van der Waals surface area contributed by atoms with Gasteiger partial charge in [-0.15, -0.1) is 0 Å². The summed E-state index contributed by atoms with van der Waals surface area (Å²) in [4.78, 5) is 0. The van der Waals surface area contributed by atoms with E-state index in [1.807, 2.05) is 0 Å². The van der Waals surface area contributed by atoms with Gasteiger partial charge in [-0.25, -0.2) is 4.39 Å². The van der Waals surface area contributed by atoms with Gasteiger partial charge in [-0.2, -0.15) is 0 Å². The maximum atomic E-state index is 12.6. The molecule has 54 valence electrons. The van der Waals surface area contributed by atoms with E-state index in [4.69, 9.17) is 5.73 Å². The van der Waals surface area contributed by atoms with Crippen LogP contribution < -0.4 is 5.73 Å². The van der Waals surface area contributed by atoms with Crippen molar-refractivity contribution in [3.05, 3.63) is 0 Å². The number of nitrogens with two attached hydrogens (primary N) is 1. The van der Waals surface area contributed by atoms with Crippen LogP contribution in [0, 0.1) is 0 Å². The van der Waals surface area contributed by atoms with Gasteiger partial charge >= 0.3 is 0 Å². The quantitative estimate of drug-likeness (QED) is 0.497. The van der Waals surface area contributed by atoms with Crippen LogP contribution in [0.5, 0.6) is 0 Å². The molecule has 0 aromatic carbocycles. The molecule has 9 heavy (non-hydrogen) atoms. The van der Waals surface area contributed by atoms with Gasteiger partial charge < -0.3 is 5.73 Å². The average molecular weight is 131 g/mol. The van der Waals surface area contributed by atoms with E-state index in [2.05, 4.69) is 0 Å². The van der Waals surface area contributed by atoms with Crippen LogP contribution in [0.3, 0.4) is 0 Å². The number of hydrogen-bond acceptors (Lipinski definition) is 1. The molecular weight excluding hydrogens is 117 g/mol. The van der Waals surface area contributed by atoms with E-state index in [9.17, 15) is 4.39 Å². The standard InChI is InChI=1S/C7H14FN/c8-6-2-1-3-7(9)5-4-6/h6-7H,1-5,9H2/t6-,7-/m0/s1. The monoisotopic (exact) mass is 131 g/mol. The van der Waals surface area contributed by atoms with Gasteiger partial charge in [0.15, 0.2) is 0 Å². The lowest BCUT2D eigenvalue weighted by atomic mass is 10.1. The van der Waals surface area contributed by atoms with Crippen LogP contribution in [0.25, 0.3) is 0 Å². The second-order valence-corrected chi connectivity index (χ2v) is 2.87. The Kier molecular flexibility index (Phi) is 2.46. The van der Waals surface area contributed by atoms with Gasteiger partial charge in [-0.3, -0.25) is 0 Å². The van der Waals surface area contributed by atoms with Crippen molar-refractivity contribution < 1.29 is 4.39 Å². The molecule has 0 radical (unpaired) electrons. The molecule has 1 rings (SSSR count). The maximum absolute atomic E-state index is 12.6. The zero-order valence-corrected chi connectivity index (χ0v) is 5.65. The second-order valence-electron chi connectivity index (χ2n) is 2.87. The highest BCUT2D eigenvalue weighted by atomic mass is 19.1. The van der Waals surface area contributed by atoms with Crippen LogP contribution in [-0.2, 0) is 0 Å². The molecule has 0 saturated heterocycles. The smallest absolute Gasteiger partial charge is 0.100 e. The van der Waals surface area contributed by atoms with E-state index < -0.39 is 6.17 Å². The number of halogens is 1. The summed E-state index contributed by atoms with van der Waals surface area (Å²) in [5.74, 6) is 0. The van der Waals surface area contributed by atoms with Crippen molar-refractivity contribution in [2.75, 3.05) is 0 Å². The van der Waals surface area contributed by atoms with Crippen molar-refractivity contribution in [3.8, 4) is 0 Å².